The van der Waals surface area contributed by atoms with Crippen LogP contribution in [0, 0.1) is 29.6 Å². The van der Waals surface area contributed by atoms with Gasteiger partial charge in [-0.25, -0.2) is 0 Å². The van der Waals surface area contributed by atoms with Crippen LogP contribution in [0.5, 0.6) is 17.2 Å². The Morgan fingerprint density at radius 3 is 2.20 bits per heavy atom. The van der Waals surface area contributed by atoms with Gasteiger partial charge in [0.25, 0.3) is 5.89 Å². The van der Waals surface area contributed by atoms with E-state index in [0.717, 1.165) is 0 Å². The Morgan fingerprint density at radius 1 is 1.00 bits per heavy atom. The summed E-state index contributed by atoms with van der Waals surface area (Å²) in [4.78, 5) is 4.05. The van der Waals surface area contributed by atoms with E-state index >= 15 is 0 Å². The third-order valence-corrected chi connectivity index (χ3v) is 3.23. The summed E-state index contributed by atoms with van der Waals surface area (Å²) in [5.41, 5.74) is 0.595. The van der Waals surface area contributed by atoms with Crippen LogP contribution in [0.3, 0.4) is 0 Å². The molecular formula is C18H12N4O3. The molecule has 0 spiro atoms. The first-order valence-corrected chi connectivity index (χ1v) is 7.32. The van der Waals surface area contributed by atoms with Gasteiger partial charge in [0.15, 0.2) is 18.2 Å². The van der Waals surface area contributed by atoms with Crippen LogP contribution in [0.25, 0.3) is 0 Å². The van der Waals surface area contributed by atoms with Crippen LogP contribution in [-0.4, -0.2) is 10.1 Å². The second-order valence-electron chi connectivity index (χ2n) is 5.00. The molecular weight excluding hydrogens is 320 g/mol. The number of hydrogen-bond donors (Lipinski definition) is 0. The monoisotopic (exact) mass is 332 g/mol. The molecule has 0 saturated carbocycles. The molecule has 2 aromatic carbocycles. The van der Waals surface area contributed by atoms with E-state index in [4.69, 9.17) is 24.5 Å². The highest BCUT2D eigenvalue weighted by molar-refractivity contribution is 5.55. The fraction of sp³-hybridized carbons (Fsp3) is 0.111. The third-order valence-electron chi connectivity index (χ3n) is 3.23. The first-order valence-electron chi connectivity index (χ1n) is 7.32. The lowest BCUT2D eigenvalue weighted by molar-refractivity contribution is 0.242. The number of ether oxygens (including phenoxy) is 2. The van der Waals surface area contributed by atoms with Gasteiger partial charge in [-0.3, -0.25) is 0 Å². The Hall–Kier alpha value is -3.84. The van der Waals surface area contributed by atoms with Crippen LogP contribution in [-0.2, 0) is 6.61 Å². The molecule has 1 heterocycles. The van der Waals surface area contributed by atoms with Crippen molar-refractivity contribution in [1.29, 1.82) is 10.5 Å². The van der Waals surface area contributed by atoms with Crippen molar-refractivity contribution < 1.29 is 14.0 Å². The first-order chi connectivity index (χ1) is 12.2. The zero-order chi connectivity index (χ0) is 17.6. The van der Waals surface area contributed by atoms with Gasteiger partial charge < -0.3 is 14.0 Å². The SMILES string of the molecule is Cc1noc(COc2ccc(Oc3c(C#N)cccc3C#N)cc2)n1. The number of rotatable bonds is 5. The van der Waals surface area contributed by atoms with E-state index in [9.17, 15) is 0 Å². The maximum atomic E-state index is 9.16. The largest absolute Gasteiger partial charge is 0.484 e. The molecule has 25 heavy (non-hydrogen) atoms. The zero-order valence-electron chi connectivity index (χ0n) is 13.3. The van der Waals surface area contributed by atoms with Gasteiger partial charge in [-0.15, -0.1) is 0 Å². The second kappa shape index (κ2) is 7.16. The average Bonchev–Trinajstić information content (AvgIpc) is 3.06. The molecule has 122 valence electrons. The van der Waals surface area contributed by atoms with Crippen LogP contribution in [0.15, 0.2) is 47.0 Å². The fourth-order valence-electron chi connectivity index (χ4n) is 2.09. The molecule has 0 radical (unpaired) electrons. The Labute approximate surface area is 143 Å². The summed E-state index contributed by atoms with van der Waals surface area (Å²) in [6.07, 6.45) is 0. The average molecular weight is 332 g/mol. The molecule has 0 bridgehead atoms. The number of nitrogens with zero attached hydrogens (tertiary/aromatic N) is 4. The number of hydrogen-bond acceptors (Lipinski definition) is 7. The summed E-state index contributed by atoms with van der Waals surface area (Å²) in [6, 6.07) is 15.7. The van der Waals surface area contributed by atoms with Gasteiger partial charge in [0, 0.05) is 0 Å². The van der Waals surface area contributed by atoms with Crippen molar-refractivity contribution in [3.63, 3.8) is 0 Å². The molecule has 1 aromatic heterocycles. The van der Waals surface area contributed by atoms with Gasteiger partial charge in [-0.05, 0) is 43.3 Å². The molecule has 0 N–H and O–H groups in total. The lowest BCUT2D eigenvalue weighted by Crippen LogP contribution is -1.96. The molecule has 0 fully saturated rings. The molecule has 0 aliphatic rings. The Morgan fingerprint density at radius 2 is 1.64 bits per heavy atom. The number of aryl methyl sites for hydroxylation is 1. The molecule has 0 saturated heterocycles. The standard InChI is InChI=1S/C18H12N4O3/c1-12-21-17(25-22-12)11-23-15-5-7-16(8-6-15)24-18-13(9-19)3-2-4-14(18)10-20/h2-8H,11H2,1H3. The van der Waals surface area contributed by atoms with Crippen molar-refractivity contribution >= 4 is 0 Å². The molecule has 3 rings (SSSR count). The predicted molar refractivity (Wildman–Crippen MR) is 85.8 cm³/mol. The van der Waals surface area contributed by atoms with Crippen molar-refractivity contribution in [2.75, 3.05) is 0 Å². The number of aromatic nitrogens is 2. The maximum absolute atomic E-state index is 9.16. The van der Waals surface area contributed by atoms with Crippen LogP contribution < -0.4 is 9.47 Å². The summed E-state index contributed by atoms with van der Waals surface area (Å²) < 4.78 is 16.2. The maximum Gasteiger partial charge on any atom is 0.264 e. The quantitative estimate of drug-likeness (QED) is 0.704. The number of benzene rings is 2. The second-order valence-corrected chi connectivity index (χ2v) is 5.00. The molecule has 0 unspecified atom stereocenters. The van der Waals surface area contributed by atoms with Gasteiger partial charge in [0.2, 0.25) is 0 Å². The van der Waals surface area contributed by atoms with Gasteiger partial charge in [-0.1, -0.05) is 11.2 Å². The topological polar surface area (TPSA) is 105 Å². The Balaban J connectivity index is 1.71. The van der Waals surface area contributed by atoms with E-state index in [1.165, 1.54) is 0 Å². The van der Waals surface area contributed by atoms with Crippen molar-refractivity contribution in [2.45, 2.75) is 13.5 Å². The lowest BCUT2D eigenvalue weighted by Gasteiger charge is -2.10. The molecule has 0 atom stereocenters. The van der Waals surface area contributed by atoms with Crippen LogP contribution in [0.2, 0.25) is 0 Å². The Kier molecular flexibility index (Phi) is 4.59. The van der Waals surface area contributed by atoms with Gasteiger partial charge >= 0.3 is 0 Å². The van der Waals surface area contributed by atoms with Crippen molar-refractivity contribution in [1.82, 2.24) is 10.1 Å². The van der Waals surface area contributed by atoms with Gasteiger partial charge in [0.1, 0.15) is 23.6 Å². The van der Waals surface area contributed by atoms with E-state index in [2.05, 4.69) is 10.1 Å². The Bertz CT molecular complexity index is 933. The van der Waals surface area contributed by atoms with Crippen molar-refractivity contribution in [2.24, 2.45) is 0 Å². The van der Waals surface area contributed by atoms with E-state index in [-0.39, 0.29) is 12.4 Å². The summed E-state index contributed by atoms with van der Waals surface area (Å²) in [5.74, 6) is 2.26. The summed E-state index contributed by atoms with van der Waals surface area (Å²) in [7, 11) is 0. The number of nitriles is 2. The van der Waals surface area contributed by atoms with Crippen molar-refractivity contribution in [3.8, 4) is 29.4 Å². The minimum atomic E-state index is 0.164. The number of para-hydroxylation sites is 1. The molecule has 0 amide bonds. The first kappa shape index (κ1) is 16.0. The minimum absolute atomic E-state index is 0.164. The molecule has 7 nitrogen and oxygen atoms in total. The summed E-state index contributed by atoms with van der Waals surface area (Å²) in [5, 5.41) is 22.0. The van der Waals surface area contributed by atoms with Crippen molar-refractivity contribution in [3.05, 3.63) is 65.3 Å². The van der Waals surface area contributed by atoms with Crippen LogP contribution in [0.1, 0.15) is 22.8 Å². The lowest BCUT2D eigenvalue weighted by atomic mass is 10.1. The minimum Gasteiger partial charge on any atom is -0.484 e. The fourth-order valence-corrected chi connectivity index (χ4v) is 2.09. The predicted octanol–water partition coefficient (Wildman–Crippen LogP) is 3.49. The molecule has 0 aliphatic heterocycles. The summed E-state index contributed by atoms with van der Waals surface area (Å²) in [6.45, 7) is 1.89. The third kappa shape index (κ3) is 3.74. The van der Waals surface area contributed by atoms with Crippen LogP contribution in [0.4, 0.5) is 0 Å². The van der Waals surface area contributed by atoms with Gasteiger partial charge in [-0.2, -0.15) is 15.5 Å². The van der Waals surface area contributed by atoms with E-state index in [1.54, 1.807) is 49.4 Å². The smallest absolute Gasteiger partial charge is 0.264 e. The van der Waals surface area contributed by atoms with Crippen LogP contribution >= 0.6 is 0 Å². The van der Waals surface area contributed by atoms with Gasteiger partial charge in [0.05, 0.1) is 11.1 Å². The molecule has 0 aliphatic carbocycles. The highest BCUT2D eigenvalue weighted by Gasteiger charge is 2.11. The van der Waals surface area contributed by atoms with E-state index in [1.807, 2.05) is 12.1 Å². The highest BCUT2D eigenvalue weighted by Crippen LogP contribution is 2.29. The highest BCUT2D eigenvalue weighted by atomic mass is 16.5. The normalized spacial score (nSPS) is 9.88. The summed E-state index contributed by atoms with van der Waals surface area (Å²) >= 11 is 0. The van der Waals surface area contributed by atoms with E-state index in [0.29, 0.717) is 34.3 Å². The van der Waals surface area contributed by atoms with E-state index < -0.39 is 0 Å². The molecule has 7 heteroatoms. The molecule has 3 aromatic rings. The zero-order valence-corrected chi connectivity index (χ0v) is 13.3.